The van der Waals surface area contributed by atoms with Crippen molar-refractivity contribution in [3.8, 4) is 0 Å². The molecular formula is C17H14ClF3N2O3. The van der Waals surface area contributed by atoms with Gasteiger partial charge in [-0.1, -0.05) is 11.6 Å². The molecule has 3 rings (SSSR count). The average molecular weight is 387 g/mol. The van der Waals surface area contributed by atoms with Gasteiger partial charge in [-0.05, 0) is 30.3 Å². The van der Waals surface area contributed by atoms with Gasteiger partial charge in [0.1, 0.15) is 5.76 Å². The first-order valence-corrected chi connectivity index (χ1v) is 8.09. The molecule has 1 atom stereocenters. The van der Waals surface area contributed by atoms with Crippen LogP contribution in [0, 0.1) is 5.92 Å². The van der Waals surface area contributed by atoms with Crippen LogP contribution in [0.3, 0.4) is 0 Å². The second-order valence-corrected chi connectivity index (χ2v) is 6.34. The summed E-state index contributed by atoms with van der Waals surface area (Å²) in [5, 5.41) is 2.38. The summed E-state index contributed by atoms with van der Waals surface area (Å²) in [6.45, 7) is 0.391. The van der Waals surface area contributed by atoms with Gasteiger partial charge in [0.05, 0.1) is 35.0 Å². The van der Waals surface area contributed by atoms with E-state index in [0.29, 0.717) is 5.76 Å². The Morgan fingerprint density at radius 2 is 2.12 bits per heavy atom. The molecule has 2 amide bonds. The third-order valence-electron chi connectivity index (χ3n) is 4.06. The van der Waals surface area contributed by atoms with Crippen LogP contribution in [0.5, 0.6) is 0 Å². The van der Waals surface area contributed by atoms with Crippen molar-refractivity contribution in [3.63, 3.8) is 0 Å². The highest BCUT2D eigenvalue weighted by atomic mass is 35.5. The van der Waals surface area contributed by atoms with Crippen molar-refractivity contribution in [2.75, 3.05) is 11.9 Å². The fourth-order valence-electron chi connectivity index (χ4n) is 2.72. The Labute approximate surface area is 151 Å². The highest BCUT2D eigenvalue weighted by Gasteiger charge is 2.35. The molecule has 0 radical (unpaired) electrons. The van der Waals surface area contributed by atoms with Crippen LogP contribution in [0.2, 0.25) is 5.02 Å². The summed E-state index contributed by atoms with van der Waals surface area (Å²) in [6.07, 6.45) is -3.09. The predicted octanol–water partition coefficient (Wildman–Crippen LogP) is 3.94. The lowest BCUT2D eigenvalue weighted by atomic mass is 10.1. The zero-order valence-electron chi connectivity index (χ0n) is 13.3. The van der Waals surface area contributed by atoms with Gasteiger partial charge in [0.25, 0.3) is 0 Å². The van der Waals surface area contributed by atoms with Crippen molar-refractivity contribution in [1.82, 2.24) is 4.90 Å². The molecule has 2 aromatic rings. The second kappa shape index (κ2) is 7.03. The van der Waals surface area contributed by atoms with E-state index >= 15 is 0 Å². The molecule has 1 aliphatic rings. The van der Waals surface area contributed by atoms with E-state index in [2.05, 4.69) is 5.32 Å². The number of rotatable bonds is 4. The largest absolute Gasteiger partial charge is 0.467 e. The topological polar surface area (TPSA) is 62.6 Å². The number of hydrogen-bond acceptors (Lipinski definition) is 3. The Balaban J connectivity index is 1.68. The lowest BCUT2D eigenvalue weighted by Gasteiger charge is -2.16. The molecule has 26 heavy (non-hydrogen) atoms. The van der Waals surface area contributed by atoms with E-state index < -0.39 is 23.6 Å². The average Bonchev–Trinajstić information content (AvgIpc) is 3.19. The van der Waals surface area contributed by atoms with E-state index in [1.165, 1.54) is 11.2 Å². The number of nitrogens with zero attached hydrogens (tertiary/aromatic N) is 1. The van der Waals surface area contributed by atoms with Gasteiger partial charge in [0.15, 0.2) is 0 Å². The Morgan fingerprint density at radius 1 is 1.35 bits per heavy atom. The summed E-state index contributed by atoms with van der Waals surface area (Å²) in [5.74, 6) is -0.874. The van der Waals surface area contributed by atoms with Gasteiger partial charge in [-0.2, -0.15) is 13.2 Å². The van der Waals surface area contributed by atoms with E-state index in [-0.39, 0.29) is 36.1 Å². The maximum absolute atomic E-state index is 12.8. The predicted molar refractivity (Wildman–Crippen MR) is 87.3 cm³/mol. The number of carbonyl (C=O) groups excluding carboxylic acids is 2. The van der Waals surface area contributed by atoms with Crippen LogP contribution in [0.4, 0.5) is 18.9 Å². The number of likely N-dealkylation sites (tertiary alicyclic amines) is 1. The molecule has 2 heterocycles. The maximum Gasteiger partial charge on any atom is 0.416 e. The van der Waals surface area contributed by atoms with E-state index in [9.17, 15) is 22.8 Å². The fraction of sp³-hybridized carbons (Fsp3) is 0.294. The number of carbonyl (C=O) groups is 2. The summed E-state index contributed by atoms with van der Waals surface area (Å²) in [6, 6.07) is 6.08. The molecule has 1 aromatic heterocycles. The zero-order chi connectivity index (χ0) is 18.9. The normalized spacial score (nSPS) is 17.6. The molecule has 0 saturated carbocycles. The summed E-state index contributed by atoms with van der Waals surface area (Å²) < 4.78 is 43.6. The molecular weight excluding hydrogens is 373 g/mol. The third-order valence-corrected chi connectivity index (χ3v) is 4.39. The SMILES string of the molecule is O=C(Nc1cc(C(F)(F)F)ccc1Cl)C1CC(=O)N(Cc2ccco2)C1. The number of furan rings is 1. The molecule has 0 spiro atoms. The van der Waals surface area contributed by atoms with Gasteiger partial charge in [-0.25, -0.2) is 0 Å². The molecule has 5 nitrogen and oxygen atoms in total. The first-order valence-electron chi connectivity index (χ1n) is 7.72. The molecule has 0 bridgehead atoms. The number of amides is 2. The number of nitrogens with one attached hydrogen (secondary N) is 1. The van der Waals surface area contributed by atoms with Crippen molar-refractivity contribution in [2.45, 2.75) is 19.1 Å². The fourth-order valence-corrected chi connectivity index (χ4v) is 2.89. The number of anilines is 1. The third kappa shape index (κ3) is 4.01. The number of halogens is 4. The highest BCUT2D eigenvalue weighted by Crippen LogP contribution is 2.34. The van der Waals surface area contributed by atoms with Gasteiger partial charge < -0.3 is 14.6 Å². The monoisotopic (exact) mass is 386 g/mol. The van der Waals surface area contributed by atoms with Crippen LogP contribution < -0.4 is 5.32 Å². The molecule has 138 valence electrons. The molecule has 1 fully saturated rings. The maximum atomic E-state index is 12.8. The minimum atomic E-state index is -4.55. The van der Waals surface area contributed by atoms with Crippen LogP contribution in [0.15, 0.2) is 41.0 Å². The summed E-state index contributed by atoms with van der Waals surface area (Å²) in [5.41, 5.74) is -1.05. The second-order valence-electron chi connectivity index (χ2n) is 5.94. The first-order chi connectivity index (χ1) is 12.2. The molecule has 1 aromatic carbocycles. The number of hydrogen-bond donors (Lipinski definition) is 1. The zero-order valence-corrected chi connectivity index (χ0v) is 14.1. The van der Waals surface area contributed by atoms with Gasteiger partial charge in [-0.3, -0.25) is 9.59 Å². The standard InChI is InChI=1S/C17H14ClF3N2O3/c18-13-4-3-11(17(19,20)21)7-14(13)22-16(25)10-6-15(24)23(8-10)9-12-2-1-5-26-12/h1-5,7,10H,6,8-9H2,(H,22,25). The first kappa shape index (κ1) is 18.3. The van der Waals surface area contributed by atoms with Crippen LogP contribution in [-0.2, 0) is 22.3 Å². The molecule has 1 aliphatic heterocycles. The Kier molecular flexibility index (Phi) is 4.95. The van der Waals surface area contributed by atoms with Crippen LogP contribution >= 0.6 is 11.6 Å². The minimum absolute atomic E-state index is 0.0110. The van der Waals surface area contributed by atoms with Crippen molar-refractivity contribution in [3.05, 3.63) is 52.9 Å². The van der Waals surface area contributed by atoms with Crippen molar-refractivity contribution in [2.24, 2.45) is 5.92 Å². The molecule has 1 saturated heterocycles. The Bertz CT molecular complexity index is 821. The van der Waals surface area contributed by atoms with Crippen molar-refractivity contribution < 1.29 is 27.2 Å². The van der Waals surface area contributed by atoms with Crippen molar-refractivity contribution >= 4 is 29.1 Å². The Hall–Kier alpha value is -2.48. The molecule has 9 heteroatoms. The van der Waals surface area contributed by atoms with Crippen LogP contribution in [-0.4, -0.2) is 23.3 Å². The quantitative estimate of drug-likeness (QED) is 0.865. The smallest absolute Gasteiger partial charge is 0.416 e. The van der Waals surface area contributed by atoms with E-state index in [0.717, 1.165) is 18.2 Å². The highest BCUT2D eigenvalue weighted by molar-refractivity contribution is 6.33. The minimum Gasteiger partial charge on any atom is -0.467 e. The Morgan fingerprint density at radius 3 is 2.77 bits per heavy atom. The van der Waals surface area contributed by atoms with Crippen LogP contribution in [0.1, 0.15) is 17.7 Å². The number of benzene rings is 1. The molecule has 1 unspecified atom stereocenters. The molecule has 0 aliphatic carbocycles. The van der Waals surface area contributed by atoms with Gasteiger partial charge in [0, 0.05) is 13.0 Å². The molecule has 1 N–H and O–H groups in total. The lowest BCUT2D eigenvalue weighted by Crippen LogP contribution is -2.28. The van der Waals surface area contributed by atoms with E-state index in [1.54, 1.807) is 12.1 Å². The van der Waals surface area contributed by atoms with Gasteiger partial charge >= 0.3 is 6.18 Å². The van der Waals surface area contributed by atoms with E-state index in [4.69, 9.17) is 16.0 Å². The summed E-state index contributed by atoms with van der Waals surface area (Å²) in [4.78, 5) is 25.9. The summed E-state index contributed by atoms with van der Waals surface area (Å²) >= 11 is 5.88. The van der Waals surface area contributed by atoms with E-state index in [1.807, 2.05) is 0 Å². The van der Waals surface area contributed by atoms with Gasteiger partial charge in [0.2, 0.25) is 11.8 Å². The number of alkyl halides is 3. The summed E-state index contributed by atoms with van der Waals surface area (Å²) in [7, 11) is 0. The van der Waals surface area contributed by atoms with Crippen molar-refractivity contribution in [1.29, 1.82) is 0 Å². The van der Waals surface area contributed by atoms with Gasteiger partial charge in [-0.15, -0.1) is 0 Å². The van der Waals surface area contributed by atoms with Crippen LogP contribution in [0.25, 0.3) is 0 Å². The lowest BCUT2D eigenvalue weighted by molar-refractivity contribution is -0.137.